The number of aldehydes is 1. The number of hydrazine groups is 1. The van der Waals surface area contributed by atoms with Crippen LogP contribution >= 0.6 is 0 Å². The number of ketones is 1. The van der Waals surface area contributed by atoms with Crippen molar-refractivity contribution >= 4 is 87.0 Å². The Morgan fingerprint density at radius 3 is 2.04 bits per heavy atom. The molecular formula is C95H134FN17O29. The fourth-order valence-corrected chi connectivity index (χ4v) is 20.1. The van der Waals surface area contributed by atoms with Gasteiger partial charge in [0.15, 0.2) is 53.7 Å². The highest BCUT2D eigenvalue weighted by Crippen LogP contribution is 2.56. The Morgan fingerprint density at radius 2 is 1.44 bits per heavy atom. The smallest absolute Gasteiger partial charge is 0.341 e. The number of carboxylic acids is 1. The molecule has 0 spiro atoms. The Morgan fingerprint density at radius 1 is 0.768 bits per heavy atom. The zero-order valence-electron chi connectivity index (χ0n) is 81.0. The van der Waals surface area contributed by atoms with Gasteiger partial charge < -0.3 is 157 Å². The van der Waals surface area contributed by atoms with Crippen LogP contribution in [-0.2, 0) is 47.5 Å². The van der Waals surface area contributed by atoms with E-state index in [0.29, 0.717) is 60.2 Å². The number of nitrogen functional groups attached to an aromatic ring is 1. The largest absolute Gasteiger partial charge is 0.507 e. The maximum absolute atomic E-state index is 15.3. The number of methoxy groups -OCH3 is 2. The molecule has 0 unspecified atom stereocenters. The predicted octanol–water partition coefficient (Wildman–Crippen LogP) is -0.457. The third-order valence-electron chi connectivity index (χ3n) is 28.4. The van der Waals surface area contributed by atoms with Crippen molar-refractivity contribution in [3.63, 3.8) is 0 Å². The predicted molar refractivity (Wildman–Crippen MR) is 512 cm³/mol. The number of amides is 2. The van der Waals surface area contributed by atoms with E-state index in [4.69, 9.17) is 71.4 Å². The van der Waals surface area contributed by atoms with E-state index in [1.54, 1.807) is 56.5 Å². The summed E-state index contributed by atoms with van der Waals surface area (Å²) in [6.45, 7) is 18.4. The minimum Gasteiger partial charge on any atom is -0.507 e. The number of ether oxygens (including phenoxy) is 9. The molecular weight excluding hydrogens is 1860 g/mol. The summed E-state index contributed by atoms with van der Waals surface area (Å²) in [5.41, 5.74) is 21.5. The maximum atomic E-state index is 15.3. The van der Waals surface area contributed by atoms with Crippen LogP contribution in [0.15, 0.2) is 92.8 Å². The van der Waals surface area contributed by atoms with Gasteiger partial charge in [0, 0.05) is 143 Å². The number of carbonyl (C=O) groups excluding carboxylic acids is 5. The Kier molecular flexibility index (Phi) is 35.8. The summed E-state index contributed by atoms with van der Waals surface area (Å²) in [6.07, 6.45) is 0.902. The first-order valence-corrected chi connectivity index (χ1v) is 47.2. The SMILES string of the molecule is CN[C@@H]1[C@H](O[C@H]2[C@H](O[C@H]3[C@H](O)[C@@H](O)[C@H](N=C(N)N)[C@@H](O)[C@@H]3N=C(N)N)O[C@@H](C)[C@]2(O)C=O)O[C@@H](CO)[C@H](O)[C@H]1O.CO[C@H]1/C=C/O[C@@]2(C)Oc3c(C)c(O)c4c(O)c(c(/C=N\N5CCN(C6CCCC6)CC5)c(O)c4c3C2=O)NC(=O)/C(C)=C\C=C\[C@H](C)[C@H](O)[C@@H](C)[C@@H](O)[C@@H](C)[C@H](OC(C)=O)[C@@H]1C.COc1c(N2C[C@@H]3CCCN[C@@H]3C2)c(F)cc2c(=O)c(C(=O)O)cn(C3CC3)c12.NNC(=O)c1ccncc1. The minimum atomic E-state index is -2.38. The van der Waals surface area contributed by atoms with Gasteiger partial charge in [0.1, 0.15) is 95.5 Å². The quantitative estimate of drug-likeness (QED) is 0.00572. The van der Waals surface area contributed by atoms with E-state index in [0.717, 1.165) is 51.9 Å². The maximum Gasteiger partial charge on any atom is 0.341 e. The molecule has 8 fully saturated rings. The summed E-state index contributed by atoms with van der Waals surface area (Å²) in [5.74, 6) is -5.80. The average molecular weight is 2000 g/mol. The molecule has 2 aromatic heterocycles. The number of nitrogens with zero attached hydrogens (tertiary/aromatic N) is 8. The Labute approximate surface area is 817 Å². The Bertz CT molecular complexity index is 5610. The van der Waals surface area contributed by atoms with Gasteiger partial charge in [-0.25, -0.2) is 25.0 Å². The van der Waals surface area contributed by atoms with Crippen LogP contribution in [0.1, 0.15) is 155 Å². The molecule has 16 rings (SSSR count). The number of piperidine rings is 1. The van der Waals surface area contributed by atoms with E-state index in [1.165, 1.54) is 131 Å². The lowest BCUT2D eigenvalue weighted by atomic mass is 9.78. The molecule has 3 aliphatic carbocycles. The molecule has 27 N–H and O–H groups in total. The zero-order chi connectivity index (χ0) is 104. The van der Waals surface area contributed by atoms with Crippen molar-refractivity contribution in [2.75, 3.05) is 83.9 Å². The Balaban J connectivity index is 0.000000193. The minimum absolute atomic E-state index is 0.0599. The summed E-state index contributed by atoms with van der Waals surface area (Å²) in [7, 11) is 4.34. The van der Waals surface area contributed by atoms with Crippen molar-refractivity contribution in [3.8, 4) is 28.7 Å². The average Bonchev–Trinajstić information content (AvgIpc) is 1.52. The number of hydrazone groups is 1. The monoisotopic (exact) mass is 2000 g/mol. The summed E-state index contributed by atoms with van der Waals surface area (Å²) < 4.78 is 69.4. The van der Waals surface area contributed by atoms with Gasteiger partial charge in [0.25, 0.3) is 17.6 Å². The van der Waals surface area contributed by atoms with Crippen molar-refractivity contribution < 1.29 is 142 Å². The molecule has 10 heterocycles. The number of esters is 1. The molecule has 26 atom stereocenters. The molecule has 0 radical (unpaired) electrons. The van der Waals surface area contributed by atoms with E-state index in [9.17, 15) is 99.9 Å². The molecule has 780 valence electrons. The number of carbonyl (C=O) groups is 6. The van der Waals surface area contributed by atoms with Crippen molar-refractivity contribution in [2.45, 2.75) is 253 Å². The zero-order valence-corrected chi connectivity index (χ0v) is 81.0. The van der Waals surface area contributed by atoms with Gasteiger partial charge in [-0.2, -0.15) is 5.10 Å². The normalized spacial score (nSPS) is 33.2. The van der Waals surface area contributed by atoms with Crippen LogP contribution in [0.2, 0.25) is 0 Å². The third kappa shape index (κ3) is 23.0. The van der Waals surface area contributed by atoms with Crippen molar-refractivity contribution in [1.82, 2.24) is 35.5 Å². The summed E-state index contributed by atoms with van der Waals surface area (Å²) in [4.78, 5) is 104. The van der Waals surface area contributed by atoms with Crippen LogP contribution < -0.4 is 70.0 Å². The van der Waals surface area contributed by atoms with Crippen LogP contribution in [0.3, 0.4) is 0 Å². The topological polar surface area (TPSA) is 708 Å². The number of halogens is 1. The number of guanidine groups is 2. The first-order valence-electron chi connectivity index (χ1n) is 47.2. The lowest BCUT2D eigenvalue weighted by Gasteiger charge is -2.45. The second kappa shape index (κ2) is 46.5. The number of aliphatic hydroxyl groups is 9. The number of piperazine rings is 1. The van der Waals surface area contributed by atoms with E-state index in [-0.39, 0.29) is 73.7 Å². The van der Waals surface area contributed by atoms with E-state index in [1.807, 2.05) is 15.3 Å². The Hall–Kier alpha value is -11.5. The number of nitrogens with two attached hydrogens (primary N) is 5. The van der Waals surface area contributed by atoms with Gasteiger partial charge in [-0.3, -0.25) is 49.1 Å². The number of Topliss-reactive ketones (excluding diaryl/α,β-unsaturated/α-hetero) is 1. The number of aliphatic imine (C=N–C) groups is 2. The van der Waals surface area contributed by atoms with Gasteiger partial charge >= 0.3 is 17.7 Å². The molecule has 5 saturated heterocycles. The molecule has 142 heavy (non-hydrogen) atoms. The lowest BCUT2D eigenvalue weighted by molar-refractivity contribution is -0.314. The molecule has 46 nitrogen and oxygen atoms in total. The highest BCUT2D eigenvalue weighted by molar-refractivity contribution is 6.24. The first-order chi connectivity index (χ1) is 67.3. The fourth-order valence-electron chi connectivity index (χ4n) is 20.1. The van der Waals surface area contributed by atoms with Crippen LogP contribution in [0, 0.1) is 42.3 Å². The van der Waals surface area contributed by atoms with Crippen LogP contribution in [-0.4, -0.2) is 347 Å². The van der Waals surface area contributed by atoms with Crippen LogP contribution in [0.25, 0.3) is 21.7 Å². The third-order valence-corrected chi connectivity index (χ3v) is 28.4. The number of allylic oxidation sites excluding steroid dienone is 2. The molecule has 3 saturated carbocycles. The highest BCUT2D eigenvalue weighted by atomic mass is 19.1. The molecule has 2 amide bonds. The molecule has 5 aromatic rings. The number of hydrogen-bond acceptors (Lipinski definition) is 38. The number of benzene rings is 3. The number of aromatic hydroxyl groups is 3. The number of rotatable bonds is 19. The number of likely N-dealkylation sites (N-methyl/N-ethyl adjacent to an activating group) is 1. The second-order valence-electron chi connectivity index (χ2n) is 37.7. The number of nitrogens with one attached hydrogen (secondary N) is 4. The summed E-state index contributed by atoms with van der Waals surface area (Å²) >= 11 is 0. The van der Waals surface area contributed by atoms with Gasteiger partial charge in [0.05, 0.1) is 89.8 Å². The van der Waals surface area contributed by atoms with Crippen LogP contribution in [0.4, 0.5) is 15.8 Å². The van der Waals surface area contributed by atoms with Gasteiger partial charge in [-0.1, -0.05) is 58.8 Å². The number of fused-ring (bicyclic) bond motifs is 16. The van der Waals surface area contributed by atoms with E-state index in [2.05, 4.69) is 40.9 Å². The molecule has 8 aliphatic heterocycles. The first kappa shape index (κ1) is 109. The van der Waals surface area contributed by atoms with Gasteiger partial charge in [-0.05, 0) is 103 Å². The van der Waals surface area contributed by atoms with Gasteiger partial charge in [0.2, 0.25) is 5.43 Å². The summed E-state index contributed by atoms with van der Waals surface area (Å²) in [6, 6.07) is 1.26. The van der Waals surface area contributed by atoms with Gasteiger partial charge in [-0.15, -0.1) is 0 Å². The second-order valence-corrected chi connectivity index (χ2v) is 37.7. The standard InChI is InChI=1S/C47H64N4O12.C21H24FN3O4.C21H39N7O12.C6H7N3O/c1-24-13-12-14-25(2)46(59)49-37-32(23-48-51-20-18-50(19-21-51)31-15-10-11-16-31)41(56)34-35(42(37)57)40(55)29(6)44-36(34)45(58)47(8,63-44)61-22-17-33(60-9)26(3)43(62-30(7)52)28(5)39(54)27(4)38(24)53;1-29-20-17-13(19(26)14(21(27)28)9-25(17)12-4-5-12)7-15(22)18(20)24-8-11-3-2-6-23-16(11)10-24;1-5-21(36,4-30)16(40-17-9(26-2)13(34)10(31)6(3-29)38-17)18(37-5)39-15-8(28-20(24)25)11(32)7(27-19(22)23)12(33)14(15)35;7-9-6(10)5-1-3-8-4-2-5/h12-14,17,22-24,26-28,31,33,38-39,43,53-57H,10-11,15-16,18-21H2,1-9H3,(H,49,59);7,9,11-12,16,23H,2-6,8,10H2,1H3,(H,27,28);4-18,26,29,31-36H,3H2,1-2H3,(H4,22,23,27)(H4,24,25,28);1-4H,7H2,(H,9,10)/b13-12+,22-17+,25-14-,48-23-;;;/t24-,26+,27+,28+,33-,38-,39+,43+,47-;11-,16+;5-,6-,7+,8-,9-,10-,11+,12-,13-,14+,15+,16-,17-,18-,21+;/m000./s1. The lowest BCUT2D eigenvalue weighted by Crippen LogP contribution is -2.66. The van der Waals surface area contributed by atoms with E-state index >= 15 is 4.39 Å². The number of anilines is 2. The number of phenolic OH excluding ortho intramolecular Hbond substituents is 3. The molecule has 5 bridgehead atoms. The van der Waals surface area contributed by atoms with Crippen molar-refractivity contribution in [3.05, 3.63) is 117 Å². The number of pyridine rings is 2. The number of aromatic carboxylic acids is 1. The van der Waals surface area contributed by atoms with Crippen molar-refractivity contribution in [1.29, 1.82) is 0 Å². The fraction of sp³-hybridized carbons (Fsp3) is 0.589. The highest BCUT2D eigenvalue weighted by Gasteiger charge is 2.62. The number of hydrogen-bond donors (Lipinski definition) is 22. The van der Waals surface area contributed by atoms with E-state index < -0.39 is 216 Å². The number of phenols is 3. The molecule has 11 aliphatic rings. The number of aromatic nitrogens is 2. The number of carboxylic acid groups (broad SMARTS) is 1. The molecule has 3 aromatic carbocycles. The van der Waals surface area contributed by atoms with Crippen molar-refractivity contribution in [2.24, 2.45) is 73.5 Å². The number of aliphatic hydroxyl groups excluding tert-OH is 8. The van der Waals surface area contributed by atoms with Crippen LogP contribution in [0.5, 0.6) is 28.7 Å². The molecule has 47 heteroatoms. The summed E-state index contributed by atoms with van der Waals surface area (Å²) in [5, 5.41) is 157.